The van der Waals surface area contributed by atoms with Gasteiger partial charge in [0.1, 0.15) is 12.6 Å². The minimum atomic E-state index is -0.924. The molecule has 1 aliphatic carbocycles. The highest BCUT2D eigenvalue weighted by Crippen LogP contribution is 2.39. The standard InChI is InChI=1S/C25H24N2O4/c1-16(27-23(28)21-8-4-5-9-22(21)24(27)29)25(30)31-15-17-10-12-18(13-11-17)20-7-3-2-6-19(20)14-26/h2-3,6-7,10-13,16,21-22H,4-5,8-9,15H2,1H3/t16-,21?,22?/m0/s1. The summed E-state index contributed by atoms with van der Waals surface area (Å²) in [4.78, 5) is 39.0. The normalized spacial score (nSPS) is 21.4. The molecule has 6 nitrogen and oxygen atoms in total. The lowest BCUT2D eigenvalue weighted by molar-refractivity contribution is -0.159. The molecule has 6 heteroatoms. The van der Waals surface area contributed by atoms with Crippen LogP contribution >= 0.6 is 0 Å². The maximum Gasteiger partial charge on any atom is 0.329 e. The molecule has 0 radical (unpaired) electrons. The van der Waals surface area contributed by atoms with E-state index in [0.29, 0.717) is 5.56 Å². The molecular formula is C25H24N2O4. The van der Waals surface area contributed by atoms with Crippen LogP contribution in [0.2, 0.25) is 0 Å². The predicted octanol–water partition coefficient (Wildman–Crippen LogP) is 3.83. The van der Waals surface area contributed by atoms with Gasteiger partial charge in [0, 0.05) is 0 Å². The van der Waals surface area contributed by atoms with Crippen LogP contribution in [0.25, 0.3) is 11.1 Å². The number of amides is 2. The van der Waals surface area contributed by atoms with Gasteiger partial charge in [-0.25, -0.2) is 4.79 Å². The monoisotopic (exact) mass is 416 g/mol. The number of nitrogens with zero attached hydrogens (tertiary/aromatic N) is 2. The average molecular weight is 416 g/mol. The molecule has 0 spiro atoms. The van der Waals surface area contributed by atoms with Crippen molar-refractivity contribution in [3.63, 3.8) is 0 Å². The molecule has 2 aromatic rings. The molecular weight excluding hydrogens is 392 g/mol. The van der Waals surface area contributed by atoms with Crippen LogP contribution < -0.4 is 0 Å². The smallest absolute Gasteiger partial charge is 0.329 e. The van der Waals surface area contributed by atoms with Gasteiger partial charge in [-0.05, 0) is 42.5 Å². The van der Waals surface area contributed by atoms with E-state index in [4.69, 9.17) is 4.74 Å². The van der Waals surface area contributed by atoms with Gasteiger partial charge in [-0.1, -0.05) is 55.3 Å². The van der Waals surface area contributed by atoms with Crippen LogP contribution in [0.4, 0.5) is 0 Å². The maximum absolute atomic E-state index is 12.7. The largest absolute Gasteiger partial charge is 0.459 e. The van der Waals surface area contributed by atoms with Crippen molar-refractivity contribution < 1.29 is 19.1 Å². The molecule has 31 heavy (non-hydrogen) atoms. The summed E-state index contributed by atoms with van der Waals surface area (Å²) in [6.45, 7) is 1.60. The quantitative estimate of drug-likeness (QED) is 0.546. The first kappa shape index (κ1) is 20.8. The van der Waals surface area contributed by atoms with E-state index in [0.717, 1.165) is 47.3 Å². The SMILES string of the molecule is C[C@@H](C(=O)OCc1ccc(-c2ccccc2C#N)cc1)N1C(=O)C2CCCCC2C1=O. The molecule has 1 saturated carbocycles. The number of fused-ring (bicyclic) bond motifs is 1. The summed E-state index contributed by atoms with van der Waals surface area (Å²) in [7, 11) is 0. The summed E-state index contributed by atoms with van der Waals surface area (Å²) in [5.74, 6) is -1.61. The van der Waals surface area contributed by atoms with E-state index in [1.165, 1.54) is 0 Å². The Morgan fingerprint density at radius 2 is 1.68 bits per heavy atom. The van der Waals surface area contributed by atoms with Gasteiger partial charge >= 0.3 is 5.97 Å². The van der Waals surface area contributed by atoms with Crippen LogP contribution in [0.1, 0.15) is 43.7 Å². The fraction of sp³-hybridized carbons (Fsp3) is 0.360. The average Bonchev–Trinajstić information content (AvgIpc) is 3.07. The summed E-state index contributed by atoms with van der Waals surface area (Å²) < 4.78 is 5.41. The molecule has 1 heterocycles. The number of carbonyl (C=O) groups excluding carboxylic acids is 3. The van der Waals surface area contributed by atoms with E-state index < -0.39 is 12.0 Å². The zero-order valence-electron chi connectivity index (χ0n) is 17.4. The molecule has 4 rings (SSSR count). The molecule has 1 aliphatic heterocycles. The second-order valence-corrected chi connectivity index (χ2v) is 8.18. The van der Waals surface area contributed by atoms with Gasteiger partial charge in [-0.3, -0.25) is 14.5 Å². The number of rotatable bonds is 5. The van der Waals surface area contributed by atoms with Crippen LogP contribution in [0.15, 0.2) is 48.5 Å². The van der Waals surface area contributed by atoms with E-state index in [2.05, 4.69) is 6.07 Å². The van der Waals surface area contributed by atoms with E-state index in [-0.39, 0.29) is 30.3 Å². The first-order valence-corrected chi connectivity index (χ1v) is 10.6. The number of esters is 1. The summed E-state index contributed by atoms with van der Waals surface area (Å²) >= 11 is 0. The van der Waals surface area contributed by atoms with Crippen molar-refractivity contribution in [3.8, 4) is 17.2 Å². The summed E-state index contributed by atoms with van der Waals surface area (Å²) in [5, 5.41) is 9.27. The van der Waals surface area contributed by atoms with Crippen molar-refractivity contribution in [3.05, 3.63) is 59.7 Å². The number of nitriles is 1. The van der Waals surface area contributed by atoms with E-state index >= 15 is 0 Å². The third kappa shape index (κ3) is 3.96. The van der Waals surface area contributed by atoms with Gasteiger partial charge in [0.2, 0.25) is 11.8 Å². The molecule has 2 unspecified atom stereocenters. The van der Waals surface area contributed by atoms with Gasteiger partial charge in [-0.15, -0.1) is 0 Å². The highest BCUT2D eigenvalue weighted by atomic mass is 16.5. The fourth-order valence-corrected chi connectivity index (χ4v) is 4.56. The van der Waals surface area contributed by atoms with Gasteiger partial charge < -0.3 is 4.74 Å². The summed E-state index contributed by atoms with van der Waals surface area (Å²) in [6, 6.07) is 16.0. The zero-order valence-corrected chi connectivity index (χ0v) is 17.4. The van der Waals surface area contributed by atoms with Gasteiger partial charge in [0.05, 0.1) is 23.5 Å². The number of imide groups is 1. The Morgan fingerprint density at radius 1 is 1.06 bits per heavy atom. The number of hydrogen-bond acceptors (Lipinski definition) is 5. The van der Waals surface area contributed by atoms with Crippen molar-refractivity contribution >= 4 is 17.8 Å². The Hall–Kier alpha value is -3.46. The van der Waals surface area contributed by atoms with Gasteiger partial charge in [0.15, 0.2) is 0 Å². The Bertz CT molecular complexity index is 1030. The van der Waals surface area contributed by atoms with E-state index in [9.17, 15) is 19.6 Å². The second kappa shape index (κ2) is 8.73. The van der Waals surface area contributed by atoms with E-state index in [1.807, 2.05) is 42.5 Å². The predicted molar refractivity (Wildman–Crippen MR) is 113 cm³/mol. The van der Waals surface area contributed by atoms with Crippen LogP contribution in [-0.4, -0.2) is 28.7 Å². The van der Waals surface area contributed by atoms with Crippen molar-refractivity contribution in [1.82, 2.24) is 4.90 Å². The first-order chi connectivity index (χ1) is 15.0. The minimum absolute atomic E-state index is 0.0480. The molecule has 158 valence electrons. The molecule has 0 aromatic heterocycles. The number of likely N-dealkylation sites (tertiary alicyclic amines) is 1. The minimum Gasteiger partial charge on any atom is -0.459 e. The van der Waals surface area contributed by atoms with Crippen molar-refractivity contribution in [2.24, 2.45) is 11.8 Å². The molecule has 2 fully saturated rings. The molecule has 2 amide bonds. The van der Waals surface area contributed by atoms with Gasteiger partial charge in [-0.2, -0.15) is 5.26 Å². The molecule has 1 saturated heterocycles. The van der Waals surface area contributed by atoms with Crippen molar-refractivity contribution in [1.29, 1.82) is 5.26 Å². The Morgan fingerprint density at radius 3 is 2.29 bits per heavy atom. The number of hydrogen-bond donors (Lipinski definition) is 0. The Labute approximate surface area is 181 Å². The maximum atomic E-state index is 12.7. The third-order valence-corrected chi connectivity index (χ3v) is 6.30. The lowest BCUT2D eigenvalue weighted by atomic mass is 9.81. The van der Waals surface area contributed by atoms with Crippen LogP contribution in [0.5, 0.6) is 0 Å². The highest BCUT2D eigenvalue weighted by molar-refractivity contribution is 6.07. The lowest BCUT2D eigenvalue weighted by Gasteiger charge is -2.21. The number of carbonyl (C=O) groups is 3. The van der Waals surface area contributed by atoms with Crippen LogP contribution in [0.3, 0.4) is 0 Å². The van der Waals surface area contributed by atoms with Crippen molar-refractivity contribution in [2.45, 2.75) is 45.3 Å². The topological polar surface area (TPSA) is 87.5 Å². The lowest BCUT2D eigenvalue weighted by Crippen LogP contribution is -2.44. The fourth-order valence-electron chi connectivity index (χ4n) is 4.56. The highest BCUT2D eigenvalue weighted by Gasteiger charge is 2.51. The molecule has 0 N–H and O–H groups in total. The molecule has 2 aliphatic rings. The zero-order chi connectivity index (χ0) is 22.0. The molecule has 0 bridgehead atoms. The van der Waals surface area contributed by atoms with Gasteiger partial charge in [0.25, 0.3) is 0 Å². The van der Waals surface area contributed by atoms with Crippen LogP contribution in [0, 0.1) is 23.2 Å². The number of ether oxygens (including phenoxy) is 1. The van der Waals surface area contributed by atoms with Crippen molar-refractivity contribution in [2.75, 3.05) is 0 Å². The Kier molecular flexibility index (Phi) is 5.85. The third-order valence-electron chi connectivity index (χ3n) is 6.30. The van der Waals surface area contributed by atoms with E-state index in [1.54, 1.807) is 13.0 Å². The molecule has 3 atom stereocenters. The molecule has 2 aromatic carbocycles. The Balaban J connectivity index is 1.39. The number of benzene rings is 2. The second-order valence-electron chi connectivity index (χ2n) is 8.18. The van der Waals surface area contributed by atoms with Crippen LogP contribution in [-0.2, 0) is 25.7 Å². The first-order valence-electron chi connectivity index (χ1n) is 10.6. The summed E-state index contributed by atoms with van der Waals surface area (Å²) in [6.07, 6.45) is 3.33. The summed E-state index contributed by atoms with van der Waals surface area (Å²) in [5.41, 5.74) is 3.12.